The van der Waals surface area contributed by atoms with Gasteiger partial charge in [-0.1, -0.05) is 53.2 Å². The number of aliphatic hydroxyl groups excluding tert-OH is 2. The highest BCUT2D eigenvalue weighted by Gasteiger charge is 2.12. The minimum atomic E-state index is -1.22. The maximum atomic E-state index is 9.58. The standard InChI is InChI=1S/C22H16Cl2O3/c23-21(25)17-12-18(22(24)26)14-20(13-17)27-19-10-8-16(9-11-19)7-6-15-4-2-1-3-5-15/h1-5,8-14,21-22,25-26H. The van der Waals surface area contributed by atoms with E-state index in [1.807, 2.05) is 42.5 Å². The van der Waals surface area contributed by atoms with Crippen molar-refractivity contribution >= 4 is 23.2 Å². The zero-order chi connectivity index (χ0) is 19.2. The van der Waals surface area contributed by atoms with Gasteiger partial charge in [0.15, 0.2) is 11.1 Å². The molecule has 0 radical (unpaired) electrons. The number of alkyl halides is 2. The van der Waals surface area contributed by atoms with E-state index in [2.05, 4.69) is 11.8 Å². The van der Waals surface area contributed by atoms with E-state index in [9.17, 15) is 10.2 Å². The molecule has 3 nitrogen and oxygen atoms in total. The summed E-state index contributed by atoms with van der Waals surface area (Å²) < 4.78 is 5.79. The van der Waals surface area contributed by atoms with E-state index in [0.717, 1.165) is 11.1 Å². The number of aliphatic hydroxyl groups is 2. The van der Waals surface area contributed by atoms with Gasteiger partial charge >= 0.3 is 0 Å². The first-order valence-corrected chi connectivity index (χ1v) is 9.03. The van der Waals surface area contributed by atoms with E-state index >= 15 is 0 Å². The lowest BCUT2D eigenvalue weighted by atomic mass is 10.1. The molecular formula is C22H16Cl2O3. The summed E-state index contributed by atoms with van der Waals surface area (Å²) in [6, 6.07) is 21.7. The molecule has 2 N–H and O–H groups in total. The third-order valence-electron chi connectivity index (χ3n) is 3.72. The highest BCUT2D eigenvalue weighted by atomic mass is 35.5. The third-order valence-corrected chi connectivity index (χ3v) is 4.22. The van der Waals surface area contributed by atoms with Gasteiger partial charge < -0.3 is 14.9 Å². The van der Waals surface area contributed by atoms with Gasteiger partial charge in [0.25, 0.3) is 0 Å². The first kappa shape index (κ1) is 19.3. The molecule has 0 saturated heterocycles. The van der Waals surface area contributed by atoms with E-state index in [-0.39, 0.29) is 0 Å². The van der Waals surface area contributed by atoms with Crippen LogP contribution in [-0.4, -0.2) is 10.2 Å². The molecule has 0 heterocycles. The lowest BCUT2D eigenvalue weighted by Crippen LogP contribution is -1.96. The van der Waals surface area contributed by atoms with Crippen LogP contribution in [0.1, 0.15) is 33.4 Å². The molecule has 0 aliphatic heterocycles. The summed E-state index contributed by atoms with van der Waals surface area (Å²) in [6.07, 6.45) is 0. The van der Waals surface area contributed by atoms with Crippen LogP contribution in [0, 0.1) is 11.8 Å². The van der Waals surface area contributed by atoms with Gasteiger partial charge in [-0.05, 0) is 65.7 Å². The van der Waals surface area contributed by atoms with Crippen molar-refractivity contribution in [2.24, 2.45) is 0 Å². The van der Waals surface area contributed by atoms with Gasteiger partial charge in [-0.3, -0.25) is 0 Å². The topological polar surface area (TPSA) is 49.7 Å². The van der Waals surface area contributed by atoms with Crippen molar-refractivity contribution in [3.63, 3.8) is 0 Å². The normalized spacial score (nSPS) is 12.6. The molecule has 0 amide bonds. The van der Waals surface area contributed by atoms with Crippen molar-refractivity contribution in [1.29, 1.82) is 0 Å². The maximum Gasteiger partial charge on any atom is 0.153 e. The fourth-order valence-electron chi connectivity index (χ4n) is 2.39. The Balaban J connectivity index is 1.78. The molecule has 0 bridgehead atoms. The molecule has 0 saturated carbocycles. The molecule has 5 heteroatoms. The van der Waals surface area contributed by atoms with E-state index in [0.29, 0.717) is 22.6 Å². The first-order valence-electron chi connectivity index (χ1n) is 8.15. The van der Waals surface area contributed by atoms with Crippen LogP contribution in [0.25, 0.3) is 0 Å². The molecule has 3 rings (SSSR count). The second-order valence-corrected chi connectivity index (χ2v) is 6.58. The Labute approximate surface area is 167 Å². The second kappa shape index (κ2) is 8.94. The number of ether oxygens (including phenoxy) is 1. The van der Waals surface area contributed by atoms with E-state index in [4.69, 9.17) is 27.9 Å². The molecule has 2 atom stereocenters. The predicted molar refractivity (Wildman–Crippen MR) is 107 cm³/mol. The van der Waals surface area contributed by atoms with Crippen LogP contribution in [0.2, 0.25) is 0 Å². The van der Waals surface area contributed by atoms with Gasteiger partial charge in [-0.15, -0.1) is 0 Å². The highest BCUT2D eigenvalue weighted by molar-refractivity contribution is 6.20. The van der Waals surface area contributed by atoms with Gasteiger partial charge in [0.2, 0.25) is 0 Å². The van der Waals surface area contributed by atoms with Crippen molar-refractivity contribution < 1.29 is 14.9 Å². The summed E-state index contributed by atoms with van der Waals surface area (Å²) in [4.78, 5) is 0. The van der Waals surface area contributed by atoms with Crippen LogP contribution < -0.4 is 4.74 Å². The van der Waals surface area contributed by atoms with Gasteiger partial charge in [0.1, 0.15) is 11.5 Å². The van der Waals surface area contributed by atoms with Crippen LogP contribution in [0.3, 0.4) is 0 Å². The Morgan fingerprint density at radius 1 is 0.667 bits per heavy atom. The monoisotopic (exact) mass is 398 g/mol. The van der Waals surface area contributed by atoms with Crippen molar-refractivity contribution in [2.75, 3.05) is 0 Å². The number of benzene rings is 3. The van der Waals surface area contributed by atoms with E-state index in [1.165, 1.54) is 6.07 Å². The molecule has 0 aromatic heterocycles. The van der Waals surface area contributed by atoms with Gasteiger partial charge in [-0.25, -0.2) is 0 Å². The summed E-state index contributed by atoms with van der Waals surface area (Å²) >= 11 is 11.4. The minimum absolute atomic E-state index is 0.384. The van der Waals surface area contributed by atoms with Crippen molar-refractivity contribution in [1.82, 2.24) is 0 Å². The average molecular weight is 399 g/mol. The van der Waals surface area contributed by atoms with E-state index in [1.54, 1.807) is 24.3 Å². The Morgan fingerprint density at radius 2 is 1.19 bits per heavy atom. The summed E-state index contributed by atoms with van der Waals surface area (Å²) in [5.74, 6) is 7.18. The number of halogens is 2. The lowest BCUT2D eigenvalue weighted by Gasteiger charge is -2.12. The molecule has 0 spiro atoms. The smallest absolute Gasteiger partial charge is 0.153 e. The van der Waals surface area contributed by atoms with Gasteiger partial charge in [-0.2, -0.15) is 0 Å². The van der Waals surface area contributed by atoms with Crippen LogP contribution in [0.15, 0.2) is 72.8 Å². The second-order valence-electron chi connectivity index (χ2n) is 5.75. The SMILES string of the molecule is OC(Cl)c1cc(Oc2ccc(C#Cc3ccccc3)cc2)cc(C(O)Cl)c1. The Kier molecular flexibility index (Phi) is 6.39. The summed E-state index contributed by atoms with van der Waals surface area (Å²) in [7, 11) is 0. The van der Waals surface area contributed by atoms with Crippen molar-refractivity contribution in [3.8, 4) is 23.3 Å². The van der Waals surface area contributed by atoms with E-state index < -0.39 is 11.1 Å². The summed E-state index contributed by atoms with van der Waals surface area (Å²) in [5.41, 5.74) is 0.120. The Bertz CT molecular complexity index is 930. The molecule has 0 fully saturated rings. The first-order chi connectivity index (χ1) is 13.0. The van der Waals surface area contributed by atoms with Crippen LogP contribution >= 0.6 is 23.2 Å². The zero-order valence-corrected chi connectivity index (χ0v) is 15.7. The Hall–Kier alpha value is -2.48. The zero-order valence-electron chi connectivity index (χ0n) is 14.1. The van der Waals surface area contributed by atoms with Crippen LogP contribution in [-0.2, 0) is 0 Å². The predicted octanol–water partition coefficient (Wildman–Crippen LogP) is 5.34. The van der Waals surface area contributed by atoms with Crippen molar-refractivity contribution in [2.45, 2.75) is 11.1 Å². The van der Waals surface area contributed by atoms with Crippen LogP contribution in [0.5, 0.6) is 11.5 Å². The quantitative estimate of drug-likeness (QED) is 0.460. The highest BCUT2D eigenvalue weighted by Crippen LogP contribution is 2.31. The van der Waals surface area contributed by atoms with Gasteiger partial charge in [0, 0.05) is 11.1 Å². The molecule has 3 aromatic rings. The summed E-state index contributed by atoms with van der Waals surface area (Å²) in [6.45, 7) is 0. The fourth-order valence-corrected chi connectivity index (χ4v) is 2.64. The minimum Gasteiger partial charge on any atom is -0.457 e. The fraction of sp³-hybridized carbons (Fsp3) is 0.0909. The molecular weight excluding hydrogens is 383 g/mol. The molecule has 27 heavy (non-hydrogen) atoms. The number of hydrogen-bond donors (Lipinski definition) is 2. The number of hydrogen-bond acceptors (Lipinski definition) is 3. The molecule has 136 valence electrons. The van der Waals surface area contributed by atoms with Crippen molar-refractivity contribution in [3.05, 3.63) is 95.1 Å². The molecule has 3 aromatic carbocycles. The summed E-state index contributed by atoms with van der Waals surface area (Å²) in [5, 5.41) is 19.2. The number of rotatable bonds is 4. The van der Waals surface area contributed by atoms with Crippen LogP contribution in [0.4, 0.5) is 0 Å². The van der Waals surface area contributed by atoms with Gasteiger partial charge in [0.05, 0.1) is 0 Å². The lowest BCUT2D eigenvalue weighted by molar-refractivity contribution is 0.255. The Morgan fingerprint density at radius 3 is 1.70 bits per heavy atom. The average Bonchev–Trinajstić information content (AvgIpc) is 2.68. The largest absolute Gasteiger partial charge is 0.457 e. The third kappa shape index (κ3) is 5.50. The molecule has 2 unspecified atom stereocenters. The molecule has 0 aliphatic carbocycles. The maximum absolute atomic E-state index is 9.58. The molecule has 0 aliphatic rings.